The molecule has 0 aliphatic carbocycles. The maximum Gasteiger partial charge on any atom is 0.242 e. The van der Waals surface area contributed by atoms with Crippen molar-refractivity contribution in [2.45, 2.75) is 70.5 Å². The van der Waals surface area contributed by atoms with Crippen molar-refractivity contribution in [3.63, 3.8) is 0 Å². The third-order valence-electron chi connectivity index (χ3n) is 4.20. The number of nitrogens with one attached hydrogen (secondary N) is 1. The number of hydrogen-bond donors (Lipinski definition) is 2. The first-order valence-corrected chi connectivity index (χ1v) is 8.79. The number of sulfonamides is 1. The van der Waals surface area contributed by atoms with Crippen molar-refractivity contribution in [1.29, 1.82) is 0 Å². The van der Waals surface area contributed by atoms with Gasteiger partial charge in [-0.2, -0.15) is 0 Å². The summed E-state index contributed by atoms with van der Waals surface area (Å²) in [5.41, 5.74) is 6.12. The molecule has 0 spiro atoms. The summed E-state index contributed by atoms with van der Waals surface area (Å²) in [6.07, 6.45) is 3.99. The molecule has 5 nitrogen and oxygen atoms in total. The largest absolute Gasteiger partial charge is 0.349 e. The van der Waals surface area contributed by atoms with Crippen molar-refractivity contribution in [3.8, 4) is 0 Å². The molecular weight excluding hydrogens is 274 g/mol. The van der Waals surface area contributed by atoms with Crippen LogP contribution in [0.4, 0.5) is 0 Å². The molecule has 1 aromatic heterocycles. The Morgan fingerprint density at radius 3 is 2.10 bits per heavy atom. The van der Waals surface area contributed by atoms with Crippen molar-refractivity contribution in [2.75, 3.05) is 0 Å². The van der Waals surface area contributed by atoms with Crippen LogP contribution in [0.15, 0.2) is 17.2 Å². The second kappa shape index (κ2) is 6.74. The number of hydrogen-bond acceptors (Lipinski definition) is 3. The molecule has 0 bridgehead atoms. The Morgan fingerprint density at radius 1 is 1.20 bits per heavy atom. The van der Waals surface area contributed by atoms with Crippen LogP contribution in [0.25, 0.3) is 0 Å². The Bertz CT molecular complexity index is 501. The molecule has 0 aliphatic rings. The van der Waals surface area contributed by atoms with Gasteiger partial charge >= 0.3 is 0 Å². The van der Waals surface area contributed by atoms with Gasteiger partial charge in [0.25, 0.3) is 0 Å². The molecule has 0 saturated carbocycles. The zero-order valence-electron chi connectivity index (χ0n) is 12.9. The fourth-order valence-corrected chi connectivity index (χ4v) is 4.13. The second-order valence-electron chi connectivity index (χ2n) is 5.10. The van der Waals surface area contributed by atoms with E-state index >= 15 is 0 Å². The predicted molar refractivity (Wildman–Crippen MR) is 81.9 cm³/mol. The zero-order valence-corrected chi connectivity index (χ0v) is 13.8. The topological polar surface area (TPSA) is 77.1 Å². The van der Waals surface area contributed by atoms with Gasteiger partial charge in [-0.15, -0.1) is 0 Å². The third-order valence-corrected chi connectivity index (χ3v) is 5.75. The van der Waals surface area contributed by atoms with Crippen LogP contribution < -0.4 is 10.5 Å². The van der Waals surface area contributed by atoms with E-state index in [1.54, 1.807) is 12.3 Å². The van der Waals surface area contributed by atoms with Crippen LogP contribution in [0.2, 0.25) is 0 Å². The van der Waals surface area contributed by atoms with Crippen LogP contribution in [0.1, 0.15) is 52.7 Å². The number of aromatic nitrogens is 1. The molecular formula is C14H27N3O2S. The molecule has 0 fully saturated rings. The smallest absolute Gasteiger partial charge is 0.242 e. The molecule has 0 atom stereocenters. The Morgan fingerprint density at radius 2 is 1.75 bits per heavy atom. The van der Waals surface area contributed by atoms with Crippen molar-refractivity contribution < 1.29 is 8.42 Å². The monoisotopic (exact) mass is 301 g/mol. The van der Waals surface area contributed by atoms with Gasteiger partial charge in [-0.05, 0) is 32.3 Å². The Balaban J connectivity index is 3.13. The molecule has 1 heterocycles. The van der Waals surface area contributed by atoms with Crippen LogP contribution in [0, 0.1) is 0 Å². The van der Waals surface area contributed by atoms with E-state index in [0.29, 0.717) is 18.0 Å². The van der Waals surface area contributed by atoms with E-state index in [0.717, 1.165) is 25.0 Å². The molecule has 0 radical (unpaired) electrons. The SMILES string of the molecule is CCn1cc(S(=O)(=O)NC(CC)(CC)CC)cc1CN. The number of nitrogens with two attached hydrogens (primary N) is 1. The molecule has 0 aliphatic heterocycles. The minimum absolute atomic E-state index is 0.305. The minimum Gasteiger partial charge on any atom is -0.349 e. The van der Waals surface area contributed by atoms with E-state index in [-0.39, 0.29) is 5.54 Å². The zero-order chi connectivity index (χ0) is 15.4. The second-order valence-corrected chi connectivity index (χ2v) is 6.79. The summed E-state index contributed by atoms with van der Waals surface area (Å²) in [7, 11) is -3.50. The van der Waals surface area contributed by atoms with Gasteiger partial charge in [-0.25, -0.2) is 13.1 Å². The summed E-state index contributed by atoms with van der Waals surface area (Å²) in [5, 5.41) is 0. The van der Waals surface area contributed by atoms with E-state index in [2.05, 4.69) is 4.72 Å². The number of nitrogens with zero attached hydrogens (tertiary/aromatic N) is 1. The fourth-order valence-electron chi connectivity index (χ4n) is 2.45. The summed E-state index contributed by atoms with van der Waals surface area (Å²) in [5.74, 6) is 0. The predicted octanol–water partition coefficient (Wildman–Crippen LogP) is 2.21. The third kappa shape index (κ3) is 3.42. The van der Waals surface area contributed by atoms with Crippen LogP contribution >= 0.6 is 0 Å². The first-order valence-electron chi connectivity index (χ1n) is 7.31. The highest BCUT2D eigenvalue weighted by Gasteiger charge is 2.31. The Labute approximate surface area is 122 Å². The highest BCUT2D eigenvalue weighted by molar-refractivity contribution is 7.89. The van der Waals surface area contributed by atoms with Gasteiger partial charge < -0.3 is 10.3 Å². The Hall–Kier alpha value is -0.850. The first kappa shape index (κ1) is 17.2. The summed E-state index contributed by atoms with van der Waals surface area (Å²) in [4.78, 5) is 0.305. The number of rotatable bonds is 8. The van der Waals surface area contributed by atoms with E-state index in [1.165, 1.54) is 0 Å². The number of aryl methyl sites for hydroxylation is 1. The summed E-state index contributed by atoms with van der Waals surface area (Å²) in [6.45, 7) is 9.05. The van der Waals surface area contributed by atoms with E-state index < -0.39 is 10.0 Å². The molecule has 116 valence electrons. The van der Waals surface area contributed by atoms with Crippen molar-refractivity contribution in [1.82, 2.24) is 9.29 Å². The van der Waals surface area contributed by atoms with Crippen LogP contribution in [-0.4, -0.2) is 18.5 Å². The van der Waals surface area contributed by atoms with Crippen molar-refractivity contribution in [2.24, 2.45) is 5.73 Å². The van der Waals surface area contributed by atoms with E-state index in [9.17, 15) is 8.42 Å². The van der Waals surface area contributed by atoms with Gasteiger partial charge in [0.15, 0.2) is 0 Å². The first-order chi connectivity index (χ1) is 9.37. The summed E-state index contributed by atoms with van der Waals surface area (Å²) in [6, 6.07) is 1.66. The van der Waals surface area contributed by atoms with Gasteiger partial charge in [-0.3, -0.25) is 0 Å². The van der Waals surface area contributed by atoms with Gasteiger partial charge in [0.2, 0.25) is 10.0 Å². The lowest BCUT2D eigenvalue weighted by atomic mass is 9.91. The van der Waals surface area contributed by atoms with Gasteiger partial charge in [0.1, 0.15) is 0 Å². The quantitative estimate of drug-likeness (QED) is 0.773. The van der Waals surface area contributed by atoms with Crippen molar-refractivity contribution in [3.05, 3.63) is 18.0 Å². The standard InChI is InChI=1S/C14H27N3O2S/c1-5-14(6-2,7-3)16-20(18,19)13-9-12(10-15)17(8-4)11-13/h9,11,16H,5-8,10,15H2,1-4H3. The maximum absolute atomic E-state index is 12.6. The molecule has 0 unspecified atom stereocenters. The van der Waals surface area contributed by atoms with Gasteiger partial charge in [-0.1, -0.05) is 20.8 Å². The van der Waals surface area contributed by atoms with Gasteiger partial charge in [0.05, 0.1) is 4.90 Å². The van der Waals surface area contributed by atoms with Crippen LogP contribution in [-0.2, 0) is 23.1 Å². The lowest BCUT2D eigenvalue weighted by Gasteiger charge is -2.31. The highest BCUT2D eigenvalue weighted by Crippen LogP contribution is 2.24. The summed E-state index contributed by atoms with van der Waals surface area (Å²) >= 11 is 0. The highest BCUT2D eigenvalue weighted by atomic mass is 32.2. The van der Waals surface area contributed by atoms with E-state index in [4.69, 9.17) is 5.73 Å². The van der Waals surface area contributed by atoms with Crippen LogP contribution in [0.3, 0.4) is 0 Å². The Kier molecular flexibility index (Phi) is 5.79. The fraction of sp³-hybridized carbons (Fsp3) is 0.714. The lowest BCUT2D eigenvalue weighted by molar-refractivity contribution is 0.341. The van der Waals surface area contributed by atoms with Crippen LogP contribution in [0.5, 0.6) is 0 Å². The normalized spacial score (nSPS) is 12.8. The maximum atomic E-state index is 12.6. The average molecular weight is 301 g/mol. The average Bonchev–Trinajstić information content (AvgIpc) is 2.89. The molecule has 6 heteroatoms. The molecule has 1 rings (SSSR count). The lowest BCUT2D eigenvalue weighted by Crippen LogP contribution is -2.46. The molecule has 20 heavy (non-hydrogen) atoms. The molecule has 0 aromatic carbocycles. The minimum atomic E-state index is -3.50. The molecule has 3 N–H and O–H groups in total. The van der Waals surface area contributed by atoms with Gasteiger partial charge in [0, 0.05) is 30.5 Å². The molecule has 0 saturated heterocycles. The molecule has 0 amide bonds. The summed E-state index contributed by atoms with van der Waals surface area (Å²) < 4.78 is 29.9. The van der Waals surface area contributed by atoms with E-state index in [1.807, 2.05) is 32.3 Å². The molecule has 1 aromatic rings. The van der Waals surface area contributed by atoms with Crippen molar-refractivity contribution >= 4 is 10.0 Å².